The SMILES string of the molecule is CO[C@@H]1C[C@H](c2nc(C)no2)N(C(=O)[C@@H]2CSc3ccccc32)C1. The van der Waals surface area contributed by atoms with Crippen LogP contribution in [0.15, 0.2) is 33.7 Å². The van der Waals surface area contributed by atoms with Crippen molar-refractivity contribution in [3.63, 3.8) is 0 Å². The van der Waals surface area contributed by atoms with Gasteiger partial charge in [-0.15, -0.1) is 11.8 Å². The normalized spacial score (nSPS) is 25.9. The standard InChI is InChI=1S/C17H19N3O3S/c1-10-18-16(23-19-10)14-7-11(22-2)8-20(14)17(21)13-9-24-15-6-4-3-5-12(13)15/h3-6,11,13-14H,7-9H2,1-2H3/t11-,13-,14-/m1/s1. The first kappa shape index (κ1) is 15.7. The van der Waals surface area contributed by atoms with E-state index in [9.17, 15) is 4.79 Å². The lowest BCUT2D eigenvalue weighted by Gasteiger charge is -2.25. The van der Waals surface area contributed by atoms with Crippen LogP contribution in [0.4, 0.5) is 0 Å². The fourth-order valence-electron chi connectivity index (χ4n) is 3.46. The minimum atomic E-state index is -0.207. The highest BCUT2D eigenvalue weighted by atomic mass is 32.2. The molecule has 0 spiro atoms. The summed E-state index contributed by atoms with van der Waals surface area (Å²) in [6, 6.07) is 7.92. The van der Waals surface area contributed by atoms with E-state index in [4.69, 9.17) is 9.26 Å². The average molecular weight is 345 g/mol. The van der Waals surface area contributed by atoms with Crippen molar-refractivity contribution in [2.45, 2.75) is 36.3 Å². The third-order valence-electron chi connectivity index (χ3n) is 4.71. The van der Waals surface area contributed by atoms with E-state index in [1.54, 1.807) is 25.8 Å². The molecule has 0 N–H and O–H groups in total. The third-order valence-corrected chi connectivity index (χ3v) is 5.89. The highest BCUT2D eigenvalue weighted by molar-refractivity contribution is 7.99. The Morgan fingerprint density at radius 2 is 2.25 bits per heavy atom. The van der Waals surface area contributed by atoms with Gasteiger partial charge in [-0.25, -0.2) is 0 Å². The fraction of sp³-hybridized carbons (Fsp3) is 0.471. The van der Waals surface area contributed by atoms with Crippen LogP contribution in [0.3, 0.4) is 0 Å². The van der Waals surface area contributed by atoms with E-state index in [0.717, 1.165) is 11.3 Å². The smallest absolute Gasteiger partial charge is 0.249 e. The summed E-state index contributed by atoms with van der Waals surface area (Å²) in [6.07, 6.45) is 0.682. The zero-order valence-electron chi connectivity index (χ0n) is 13.6. The molecule has 0 radical (unpaired) electrons. The number of carbonyl (C=O) groups excluding carboxylic acids is 1. The van der Waals surface area contributed by atoms with Crippen molar-refractivity contribution in [2.75, 3.05) is 19.4 Å². The lowest BCUT2D eigenvalue weighted by Crippen LogP contribution is -2.36. The predicted octanol–water partition coefficient (Wildman–Crippen LogP) is 2.56. The second-order valence-corrected chi connectivity index (χ2v) is 7.24. The zero-order valence-corrected chi connectivity index (χ0v) is 14.5. The van der Waals surface area contributed by atoms with Crippen molar-refractivity contribution in [1.29, 1.82) is 0 Å². The molecule has 1 aromatic carbocycles. The first-order valence-corrected chi connectivity index (χ1v) is 9.01. The number of rotatable bonds is 3. The second-order valence-electron chi connectivity index (χ2n) is 6.18. The summed E-state index contributed by atoms with van der Waals surface area (Å²) in [5.74, 6) is 1.86. The van der Waals surface area contributed by atoms with Gasteiger partial charge in [-0.2, -0.15) is 4.98 Å². The summed E-state index contributed by atoms with van der Waals surface area (Å²) in [6.45, 7) is 2.34. The van der Waals surface area contributed by atoms with Crippen molar-refractivity contribution >= 4 is 17.7 Å². The van der Waals surface area contributed by atoms with Gasteiger partial charge >= 0.3 is 0 Å². The van der Waals surface area contributed by atoms with E-state index in [1.807, 2.05) is 23.1 Å². The quantitative estimate of drug-likeness (QED) is 0.852. The maximum Gasteiger partial charge on any atom is 0.249 e. The highest BCUT2D eigenvalue weighted by Gasteiger charge is 2.43. The lowest BCUT2D eigenvalue weighted by molar-refractivity contribution is -0.134. The van der Waals surface area contributed by atoms with Crippen LogP contribution >= 0.6 is 11.8 Å². The van der Waals surface area contributed by atoms with Gasteiger partial charge in [0.2, 0.25) is 11.8 Å². The molecule has 1 aromatic heterocycles. The number of nitrogens with zero attached hydrogens (tertiary/aromatic N) is 3. The molecule has 0 bridgehead atoms. The molecule has 0 aliphatic carbocycles. The number of thioether (sulfide) groups is 1. The number of aromatic nitrogens is 2. The van der Waals surface area contributed by atoms with Gasteiger partial charge in [-0.1, -0.05) is 23.4 Å². The van der Waals surface area contributed by atoms with E-state index >= 15 is 0 Å². The van der Waals surface area contributed by atoms with Crippen LogP contribution in [0.5, 0.6) is 0 Å². The minimum Gasteiger partial charge on any atom is -0.380 e. The maximum absolute atomic E-state index is 13.2. The van der Waals surface area contributed by atoms with Crippen LogP contribution in [0.1, 0.15) is 35.7 Å². The lowest BCUT2D eigenvalue weighted by atomic mass is 9.99. The molecule has 4 rings (SSSR count). The van der Waals surface area contributed by atoms with Gasteiger partial charge in [-0.3, -0.25) is 4.79 Å². The molecule has 2 aromatic rings. The molecule has 24 heavy (non-hydrogen) atoms. The number of fused-ring (bicyclic) bond motifs is 1. The Kier molecular flexibility index (Phi) is 4.05. The Labute approximate surface area is 144 Å². The van der Waals surface area contributed by atoms with Crippen LogP contribution in [-0.4, -0.2) is 46.5 Å². The molecule has 3 atom stereocenters. The number of likely N-dealkylation sites (tertiary alicyclic amines) is 1. The average Bonchev–Trinajstić information content (AvgIpc) is 3.31. The highest BCUT2D eigenvalue weighted by Crippen LogP contribution is 2.43. The molecule has 3 heterocycles. The Hall–Kier alpha value is -1.86. The number of hydrogen-bond donors (Lipinski definition) is 0. The predicted molar refractivity (Wildman–Crippen MR) is 88.8 cm³/mol. The fourth-order valence-corrected chi connectivity index (χ4v) is 4.68. The number of carbonyl (C=O) groups is 1. The van der Waals surface area contributed by atoms with E-state index in [2.05, 4.69) is 16.2 Å². The first-order valence-electron chi connectivity index (χ1n) is 8.02. The van der Waals surface area contributed by atoms with Crippen molar-refractivity contribution < 1.29 is 14.1 Å². The third kappa shape index (κ3) is 2.61. The van der Waals surface area contributed by atoms with Crippen molar-refractivity contribution in [1.82, 2.24) is 15.0 Å². The van der Waals surface area contributed by atoms with Gasteiger partial charge < -0.3 is 14.2 Å². The number of amides is 1. The summed E-state index contributed by atoms with van der Waals surface area (Å²) < 4.78 is 10.8. The first-order chi connectivity index (χ1) is 11.7. The number of benzene rings is 1. The Balaban J connectivity index is 1.62. The van der Waals surface area contributed by atoms with E-state index in [1.165, 1.54) is 4.90 Å². The second kappa shape index (κ2) is 6.22. The summed E-state index contributed by atoms with van der Waals surface area (Å²) >= 11 is 1.74. The molecular weight excluding hydrogens is 326 g/mol. The molecule has 7 heteroatoms. The van der Waals surface area contributed by atoms with Crippen LogP contribution in [0.2, 0.25) is 0 Å². The number of hydrogen-bond acceptors (Lipinski definition) is 6. The summed E-state index contributed by atoms with van der Waals surface area (Å²) in [5.41, 5.74) is 1.12. The van der Waals surface area contributed by atoms with Crippen LogP contribution < -0.4 is 0 Å². The Bertz CT molecular complexity index is 763. The van der Waals surface area contributed by atoms with Crippen LogP contribution in [0.25, 0.3) is 0 Å². The molecule has 2 aliphatic rings. The molecule has 0 saturated carbocycles. The van der Waals surface area contributed by atoms with E-state index < -0.39 is 0 Å². The summed E-state index contributed by atoms with van der Waals surface area (Å²) in [7, 11) is 1.68. The van der Waals surface area contributed by atoms with Crippen LogP contribution in [0, 0.1) is 6.92 Å². The zero-order chi connectivity index (χ0) is 16.7. The Morgan fingerprint density at radius 3 is 3.00 bits per heavy atom. The summed E-state index contributed by atoms with van der Waals surface area (Å²) in [4.78, 5) is 20.6. The number of methoxy groups -OCH3 is 1. The van der Waals surface area contributed by atoms with Gasteiger partial charge in [-0.05, 0) is 18.6 Å². The maximum atomic E-state index is 13.2. The molecule has 2 aliphatic heterocycles. The van der Waals surface area contributed by atoms with Gasteiger partial charge in [0.1, 0.15) is 6.04 Å². The van der Waals surface area contributed by atoms with E-state index in [0.29, 0.717) is 24.7 Å². The molecule has 1 amide bonds. The topological polar surface area (TPSA) is 68.5 Å². The van der Waals surface area contributed by atoms with Crippen molar-refractivity contribution in [3.8, 4) is 0 Å². The monoisotopic (exact) mass is 345 g/mol. The number of aryl methyl sites for hydroxylation is 1. The molecule has 6 nitrogen and oxygen atoms in total. The van der Waals surface area contributed by atoms with Gasteiger partial charge in [0.15, 0.2) is 5.82 Å². The molecule has 1 fully saturated rings. The molecule has 126 valence electrons. The minimum absolute atomic E-state index is 0.00421. The van der Waals surface area contributed by atoms with Crippen molar-refractivity contribution in [2.24, 2.45) is 0 Å². The molecular formula is C17H19N3O3S. The summed E-state index contributed by atoms with van der Waals surface area (Å²) in [5, 5.41) is 3.87. The van der Waals surface area contributed by atoms with E-state index in [-0.39, 0.29) is 24.0 Å². The van der Waals surface area contributed by atoms with Gasteiger partial charge in [0, 0.05) is 30.7 Å². The Morgan fingerprint density at radius 1 is 1.42 bits per heavy atom. The van der Waals surface area contributed by atoms with Crippen molar-refractivity contribution in [3.05, 3.63) is 41.5 Å². The molecule has 1 saturated heterocycles. The largest absolute Gasteiger partial charge is 0.380 e. The van der Waals surface area contributed by atoms with Gasteiger partial charge in [0.05, 0.1) is 12.0 Å². The van der Waals surface area contributed by atoms with Crippen LogP contribution in [-0.2, 0) is 9.53 Å². The number of ether oxygens (including phenoxy) is 1. The molecule has 0 unspecified atom stereocenters. The van der Waals surface area contributed by atoms with Gasteiger partial charge in [0.25, 0.3) is 0 Å².